The van der Waals surface area contributed by atoms with Crippen molar-refractivity contribution < 1.29 is 4.79 Å². The summed E-state index contributed by atoms with van der Waals surface area (Å²) in [6.45, 7) is 4.81. The highest BCUT2D eigenvalue weighted by Crippen LogP contribution is 2.21. The molecule has 2 heterocycles. The van der Waals surface area contributed by atoms with Gasteiger partial charge in [-0.05, 0) is 41.7 Å². The summed E-state index contributed by atoms with van der Waals surface area (Å²) in [5, 5.41) is 3.14. The fraction of sp³-hybridized carbons (Fsp3) is 0.368. The van der Waals surface area contributed by atoms with Crippen LogP contribution >= 0.6 is 11.7 Å². The number of nitrogens with one attached hydrogen (secondary N) is 1. The lowest BCUT2D eigenvalue weighted by Gasteiger charge is -2.25. The Hall–Kier alpha value is -2.54. The predicted molar refractivity (Wildman–Crippen MR) is 104 cm³/mol. The summed E-state index contributed by atoms with van der Waals surface area (Å²) in [6.07, 6.45) is 4.42. The van der Waals surface area contributed by atoms with Crippen LogP contribution in [0.3, 0.4) is 0 Å². The molecule has 0 aliphatic carbocycles. The SMILES string of the molecule is CC(C)C[C@@H](NC(=O)N(C)Cc1ccc2nsnc2c1)c1cccnc1. The first-order chi connectivity index (χ1) is 12.5. The molecule has 7 heteroatoms. The molecular weight excluding hydrogens is 346 g/mol. The summed E-state index contributed by atoms with van der Waals surface area (Å²) in [4.78, 5) is 18.6. The third kappa shape index (κ3) is 4.54. The van der Waals surface area contributed by atoms with E-state index >= 15 is 0 Å². The van der Waals surface area contributed by atoms with Crippen LogP contribution in [0.1, 0.15) is 37.4 Å². The normalized spacial score (nSPS) is 12.3. The number of urea groups is 1. The van der Waals surface area contributed by atoms with E-state index in [0.717, 1.165) is 28.6 Å². The molecule has 2 aromatic heterocycles. The van der Waals surface area contributed by atoms with E-state index in [1.807, 2.05) is 36.5 Å². The van der Waals surface area contributed by atoms with Crippen molar-refractivity contribution in [3.63, 3.8) is 0 Å². The van der Waals surface area contributed by atoms with Gasteiger partial charge in [-0.3, -0.25) is 4.98 Å². The highest BCUT2D eigenvalue weighted by molar-refractivity contribution is 7.00. The van der Waals surface area contributed by atoms with E-state index in [1.54, 1.807) is 18.1 Å². The molecule has 0 aliphatic heterocycles. The van der Waals surface area contributed by atoms with Crippen molar-refractivity contribution in [3.05, 3.63) is 53.9 Å². The average molecular weight is 369 g/mol. The van der Waals surface area contributed by atoms with E-state index in [2.05, 4.69) is 32.9 Å². The van der Waals surface area contributed by atoms with Gasteiger partial charge in [0.2, 0.25) is 0 Å². The molecule has 1 N–H and O–H groups in total. The largest absolute Gasteiger partial charge is 0.331 e. The van der Waals surface area contributed by atoms with Crippen LogP contribution in [0.25, 0.3) is 11.0 Å². The zero-order valence-electron chi connectivity index (χ0n) is 15.2. The van der Waals surface area contributed by atoms with E-state index < -0.39 is 0 Å². The summed E-state index contributed by atoms with van der Waals surface area (Å²) < 4.78 is 8.46. The Morgan fingerprint density at radius 3 is 2.77 bits per heavy atom. The Morgan fingerprint density at radius 2 is 2.04 bits per heavy atom. The van der Waals surface area contributed by atoms with Gasteiger partial charge in [0.1, 0.15) is 11.0 Å². The van der Waals surface area contributed by atoms with Gasteiger partial charge >= 0.3 is 6.03 Å². The molecule has 6 nitrogen and oxygen atoms in total. The molecule has 0 fully saturated rings. The Kier molecular flexibility index (Phi) is 5.78. The first-order valence-corrected chi connectivity index (χ1v) is 9.38. The van der Waals surface area contributed by atoms with E-state index in [1.165, 1.54) is 11.7 Å². The zero-order valence-corrected chi connectivity index (χ0v) is 16.0. The molecule has 0 saturated heterocycles. The topological polar surface area (TPSA) is 71.0 Å². The molecule has 0 bridgehead atoms. The number of hydrogen-bond acceptors (Lipinski definition) is 5. The van der Waals surface area contributed by atoms with Crippen LogP contribution in [0.15, 0.2) is 42.7 Å². The molecule has 26 heavy (non-hydrogen) atoms. The van der Waals surface area contributed by atoms with Crippen LogP contribution in [-0.2, 0) is 6.54 Å². The van der Waals surface area contributed by atoms with Crippen molar-refractivity contribution in [1.82, 2.24) is 23.9 Å². The molecule has 3 aromatic rings. The molecule has 1 atom stereocenters. The number of rotatable bonds is 6. The number of hydrogen-bond donors (Lipinski definition) is 1. The molecule has 0 aliphatic rings. The Balaban J connectivity index is 1.67. The summed E-state index contributed by atoms with van der Waals surface area (Å²) >= 11 is 1.20. The maximum absolute atomic E-state index is 12.7. The Bertz CT molecular complexity index is 865. The lowest BCUT2D eigenvalue weighted by Crippen LogP contribution is -2.39. The first-order valence-electron chi connectivity index (χ1n) is 8.65. The summed E-state index contributed by atoms with van der Waals surface area (Å²) in [6, 6.07) is 9.66. The van der Waals surface area contributed by atoms with Crippen molar-refractivity contribution in [2.45, 2.75) is 32.9 Å². The van der Waals surface area contributed by atoms with Gasteiger partial charge in [-0.15, -0.1) is 0 Å². The number of pyridine rings is 1. The molecule has 3 rings (SSSR count). The maximum Gasteiger partial charge on any atom is 0.317 e. The van der Waals surface area contributed by atoms with Gasteiger partial charge in [-0.1, -0.05) is 26.0 Å². The second kappa shape index (κ2) is 8.23. The number of carbonyl (C=O) groups excluding carboxylic acids is 1. The van der Waals surface area contributed by atoms with E-state index in [0.29, 0.717) is 12.5 Å². The van der Waals surface area contributed by atoms with Gasteiger partial charge < -0.3 is 10.2 Å². The zero-order chi connectivity index (χ0) is 18.5. The number of aromatic nitrogens is 3. The average Bonchev–Trinajstić information content (AvgIpc) is 3.09. The molecular formula is C19H23N5OS. The standard InChI is InChI=1S/C19H23N5OS/c1-13(2)9-17(15-5-4-8-20-11-15)21-19(25)24(3)12-14-6-7-16-18(10-14)23-26-22-16/h4-8,10-11,13,17H,9,12H2,1-3H3,(H,21,25)/t17-/m1/s1. The van der Waals surface area contributed by atoms with Crippen molar-refractivity contribution in [3.8, 4) is 0 Å². The minimum Gasteiger partial charge on any atom is -0.331 e. The fourth-order valence-corrected chi connectivity index (χ4v) is 3.38. The summed E-state index contributed by atoms with van der Waals surface area (Å²) in [5.41, 5.74) is 3.82. The minimum atomic E-state index is -0.101. The van der Waals surface area contributed by atoms with Crippen LogP contribution < -0.4 is 5.32 Å². The van der Waals surface area contributed by atoms with E-state index in [-0.39, 0.29) is 12.1 Å². The van der Waals surface area contributed by atoms with E-state index in [9.17, 15) is 4.79 Å². The molecule has 0 radical (unpaired) electrons. The summed E-state index contributed by atoms with van der Waals surface area (Å²) in [5.74, 6) is 0.463. The number of fused-ring (bicyclic) bond motifs is 1. The highest BCUT2D eigenvalue weighted by atomic mass is 32.1. The lowest BCUT2D eigenvalue weighted by molar-refractivity contribution is 0.200. The van der Waals surface area contributed by atoms with Crippen LogP contribution in [0.2, 0.25) is 0 Å². The van der Waals surface area contributed by atoms with Gasteiger partial charge in [0.15, 0.2) is 0 Å². The third-order valence-electron chi connectivity index (χ3n) is 4.18. The lowest BCUT2D eigenvalue weighted by atomic mass is 9.98. The van der Waals surface area contributed by atoms with Crippen molar-refractivity contribution in [1.29, 1.82) is 0 Å². The smallest absolute Gasteiger partial charge is 0.317 e. The van der Waals surface area contributed by atoms with Crippen LogP contribution in [0.4, 0.5) is 4.79 Å². The van der Waals surface area contributed by atoms with Gasteiger partial charge in [0.25, 0.3) is 0 Å². The molecule has 0 unspecified atom stereocenters. The fourth-order valence-electron chi connectivity index (χ4n) is 2.86. The second-order valence-corrected chi connectivity index (χ2v) is 7.39. The maximum atomic E-state index is 12.7. The van der Waals surface area contributed by atoms with Gasteiger partial charge in [0.05, 0.1) is 17.8 Å². The van der Waals surface area contributed by atoms with Crippen LogP contribution in [-0.4, -0.2) is 31.7 Å². The molecule has 1 aromatic carbocycles. The van der Waals surface area contributed by atoms with Crippen molar-refractivity contribution in [2.24, 2.45) is 5.92 Å². The third-order valence-corrected chi connectivity index (χ3v) is 4.73. The minimum absolute atomic E-state index is 0.0520. The second-order valence-electron chi connectivity index (χ2n) is 6.86. The van der Waals surface area contributed by atoms with Crippen LogP contribution in [0, 0.1) is 5.92 Å². The van der Waals surface area contributed by atoms with E-state index in [4.69, 9.17) is 0 Å². The molecule has 0 spiro atoms. The number of amides is 2. The molecule has 0 saturated carbocycles. The Morgan fingerprint density at radius 1 is 1.23 bits per heavy atom. The van der Waals surface area contributed by atoms with Crippen LogP contribution in [0.5, 0.6) is 0 Å². The molecule has 136 valence electrons. The van der Waals surface area contributed by atoms with Gasteiger partial charge in [-0.2, -0.15) is 8.75 Å². The highest BCUT2D eigenvalue weighted by Gasteiger charge is 2.19. The Labute approximate surface area is 157 Å². The number of benzene rings is 1. The number of carbonyl (C=O) groups is 1. The van der Waals surface area contributed by atoms with Crippen molar-refractivity contribution >= 4 is 28.8 Å². The number of nitrogens with zero attached hydrogens (tertiary/aromatic N) is 4. The first kappa shape index (κ1) is 18.3. The summed E-state index contributed by atoms with van der Waals surface area (Å²) in [7, 11) is 1.80. The van der Waals surface area contributed by atoms with Gasteiger partial charge in [0, 0.05) is 26.0 Å². The predicted octanol–water partition coefficient (Wildman–Crippen LogP) is 4.02. The quantitative estimate of drug-likeness (QED) is 0.712. The molecule has 2 amide bonds. The van der Waals surface area contributed by atoms with Crippen molar-refractivity contribution in [2.75, 3.05) is 7.05 Å². The monoisotopic (exact) mass is 369 g/mol. The van der Waals surface area contributed by atoms with Gasteiger partial charge in [-0.25, -0.2) is 4.79 Å².